The van der Waals surface area contributed by atoms with Gasteiger partial charge in [-0.25, -0.2) is 0 Å². The summed E-state index contributed by atoms with van der Waals surface area (Å²) in [4.78, 5) is 10.8. The maximum atomic E-state index is 10.8. The minimum absolute atomic E-state index is 0.290. The van der Waals surface area contributed by atoms with Crippen LogP contribution in [0.1, 0.15) is 18.9 Å². The smallest absolute Gasteiger partial charge is 0.303 e. The van der Waals surface area contributed by atoms with Gasteiger partial charge < -0.3 is 4.74 Å². The molecule has 0 N–H and O–H groups in total. The van der Waals surface area contributed by atoms with Crippen LogP contribution in [0.2, 0.25) is 0 Å². The Hall–Kier alpha value is -1.35. The van der Waals surface area contributed by atoms with Crippen molar-refractivity contribution in [1.82, 2.24) is 0 Å². The average Bonchev–Trinajstić information content (AvgIpc) is 2.28. The second kappa shape index (κ2) is 7.07. The molecule has 0 unspecified atom stereocenters. The Kier molecular flexibility index (Phi) is 5.70. The standard InChI is InChI=1S/C14H15BrO2/c1-3-14(17-11(2)16)10-13(15)9-12-7-5-4-6-8-12/h3-9,14H,1,10H2,2H3/b13-9-/t14-/m0/s1. The van der Waals surface area contributed by atoms with Crippen molar-refractivity contribution in [3.63, 3.8) is 0 Å². The maximum absolute atomic E-state index is 10.8. The highest BCUT2D eigenvalue weighted by Crippen LogP contribution is 2.19. The molecule has 1 aromatic carbocycles. The first kappa shape index (κ1) is 13.7. The van der Waals surface area contributed by atoms with E-state index in [1.165, 1.54) is 6.92 Å². The van der Waals surface area contributed by atoms with Gasteiger partial charge in [-0.1, -0.05) is 58.9 Å². The van der Waals surface area contributed by atoms with Crippen LogP contribution < -0.4 is 0 Å². The Morgan fingerprint density at radius 3 is 2.65 bits per heavy atom. The summed E-state index contributed by atoms with van der Waals surface area (Å²) in [5, 5.41) is 0. The zero-order valence-electron chi connectivity index (χ0n) is 9.73. The minimum Gasteiger partial charge on any atom is -0.458 e. The first-order valence-corrected chi connectivity index (χ1v) is 6.12. The van der Waals surface area contributed by atoms with E-state index in [1.54, 1.807) is 6.08 Å². The van der Waals surface area contributed by atoms with Crippen LogP contribution >= 0.6 is 15.9 Å². The second-order valence-corrected chi connectivity index (χ2v) is 4.61. The molecule has 0 aliphatic carbocycles. The Morgan fingerprint density at radius 2 is 2.12 bits per heavy atom. The first-order valence-electron chi connectivity index (χ1n) is 5.32. The predicted octanol–water partition coefficient (Wildman–Crippen LogP) is 3.93. The van der Waals surface area contributed by atoms with E-state index < -0.39 is 0 Å². The van der Waals surface area contributed by atoms with Crippen molar-refractivity contribution >= 4 is 28.0 Å². The van der Waals surface area contributed by atoms with E-state index in [1.807, 2.05) is 36.4 Å². The molecule has 0 radical (unpaired) electrons. The Morgan fingerprint density at radius 1 is 1.47 bits per heavy atom. The summed E-state index contributed by atoms with van der Waals surface area (Å²) in [7, 11) is 0. The molecule has 0 aliphatic rings. The van der Waals surface area contributed by atoms with Crippen LogP contribution in [0, 0.1) is 0 Å². The SMILES string of the molecule is C=C[C@@H](C/C(Br)=C/c1ccccc1)OC(C)=O. The van der Waals surface area contributed by atoms with E-state index in [0.29, 0.717) is 6.42 Å². The van der Waals surface area contributed by atoms with E-state index in [2.05, 4.69) is 22.5 Å². The minimum atomic E-state index is -0.296. The highest BCUT2D eigenvalue weighted by Gasteiger charge is 2.08. The van der Waals surface area contributed by atoms with Crippen molar-refractivity contribution in [2.45, 2.75) is 19.4 Å². The summed E-state index contributed by atoms with van der Waals surface area (Å²) in [5.41, 5.74) is 1.10. The van der Waals surface area contributed by atoms with Crippen molar-refractivity contribution in [3.05, 3.63) is 53.0 Å². The fourth-order valence-electron chi connectivity index (χ4n) is 1.37. The van der Waals surface area contributed by atoms with Crippen molar-refractivity contribution in [3.8, 4) is 0 Å². The van der Waals surface area contributed by atoms with E-state index >= 15 is 0 Å². The van der Waals surface area contributed by atoms with Gasteiger partial charge in [0.15, 0.2) is 0 Å². The van der Waals surface area contributed by atoms with E-state index in [4.69, 9.17) is 4.74 Å². The number of carbonyl (C=O) groups excluding carboxylic acids is 1. The summed E-state index contributed by atoms with van der Waals surface area (Å²) >= 11 is 3.47. The predicted molar refractivity (Wildman–Crippen MR) is 73.7 cm³/mol. The zero-order chi connectivity index (χ0) is 12.7. The van der Waals surface area contributed by atoms with Gasteiger partial charge in [-0.2, -0.15) is 0 Å². The van der Waals surface area contributed by atoms with Crippen LogP contribution in [0.4, 0.5) is 0 Å². The maximum Gasteiger partial charge on any atom is 0.303 e. The fraction of sp³-hybridized carbons (Fsp3) is 0.214. The van der Waals surface area contributed by atoms with Crippen molar-refractivity contribution < 1.29 is 9.53 Å². The molecule has 0 aliphatic heterocycles. The molecule has 3 heteroatoms. The van der Waals surface area contributed by atoms with Crippen LogP contribution in [0.3, 0.4) is 0 Å². The van der Waals surface area contributed by atoms with Crippen LogP contribution in [0.25, 0.3) is 6.08 Å². The molecule has 0 spiro atoms. The highest BCUT2D eigenvalue weighted by molar-refractivity contribution is 9.11. The van der Waals surface area contributed by atoms with Crippen molar-refractivity contribution in [2.75, 3.05) is 0 Å². The van der Waals surface area contributed by atoms with Crippen LogP contribution in [-0.2, 0) is 9.53 Å². The topological polar surface area (TPSA) is 26.3 Å². The number of benzene rings is 1. The number of halogens is 1. The lowest BCUT2D eigenvalue weighted by atomic mass is 10.1. The number of hydrogen-bond acceptors (Lipinski definition) is 2. The molecule has 17 heavy (non-hydrogen) atoms. The molecule has 1 atom stereocenters. The van der Waals surface area contributed by atoms with Gasteiger partial charge in [0.05, 0.1) is 0 Å². The largest absolute Gasteiger partial charge is 0.458 e. The molecule has 90 valence electrons. The highest BCUT2D eigenvalue weighted by atomic mass is 79.9. The van der Waals surface area contributed by atoms with Gasteiger partial charge in [-0.05, 0) is 16.1 Å². The molecular weight excluding hydrogens is 280 g/mol. The third-order valence-electron chi connectivity index (χ3n) is 2.10. The van der Waals surface area contributed by atoms with E-state index in [-0.39, 0.29) is 12.1 Å². The van der Waals surface area contributed by atoms with E-state index in [0.717, 1.165) is 10.0 Å². The number of esters is 1. The van der Waals surface area contributed by atoms with Gasteiger partial charge in [-0.3, -0.25) is 4.79 Å². The summed E-state index contributed by atoms with van der Waals surface area (Å²) in [6, 6.07) is 9.94. The van der Waals surface area contributed by atoms with E-state index in [9.17, 15) is 4.79 Å². The number of ether oxygens (including phenoxy) is 1. The Bertz CT molecular complexity index is 409. The Balaban J connectivity index is 2.64. The molecule has 2 nitrogen and oxygen atoms in total. The molecule has 0 heterocycles. The van der Waals surface area contributed by atoms with Crippen LogP contribution in [0.15, 0.2) is 47.5 Å². The zero-order valence-corrected chi connectivity index (χ0v) is 11.3. The first-order chi connectivity index (χ1) is 8.11. The summed E-state index contributed by atoms with van der Waals surface area (Å²) in [6.07, 6.45) is 3.93. The number of carbonyl (C=O) groups is 1. The Labute approximate surface area is 110 Å². The van der Waals surface area contributed by atoms with Gasteiger partial charge in [0.2, 0.25) is 0 Å². The number of hydrogen-bond donors (Lipinski definition) is 0. The molecule has 0 bridgehead atoms. The van der Waals surface area contributed by atoms with Gasteiger partial charge in [0.25, 0.3) is 0 Å². The van der Waals surface area contributed by atoms with Crippen molar-refractivity contribution in [2.24, 2.45) is 0 Å². The average molecular weight is 295 g/mol. The monoisotopic (exact) mass is 294 g/mol. The van der Waals surface area contributed by atoms with Crippen molar-refractivity contribution in [1.29, 1.82) is 0 Å². The molecule has 0 saturated heterocycles. The molecular formula is C14H15BrO2. The molecule has 1 aromatic rings. The van der Waals surface area contributed by atoms with Gasteiger partial charge in [0.1, 0.15) is 6.10 Å². The lowest BCUT2D eigenvalue weighted by molar-refractivity contribution is -0.143. The third-order valence-corrected chi connectivity index (χ3v) is 2.65. The molecule has 0 saturated carbocycles. The number of rotatable bonds is 5. The van der Waals surface area contributed by atoms with Gasteiger partial charge in [0, 0.05) is 13.3 Å². The lowest BCUT2D eigenvalue weighted by Gasteiger charge is -2.12. The van der Waals surface area contributed by atoms with Gasteiger partial charge in [-0.15, -0.1) is 0 Å². The summed E-state index contributed by atoms with van der Waals surface area (Å²) in [6.45, 7) is 5.04. The molecule has 0 aromatic heterocycles. The van der Waals surface area contributed by atoms with Gasteiger partial charge >= 0.3 is 5.97 Å². The fourth-order valence-corrected chi connectivity index (χ4v) is 1.95. The summed E-state index contributed by atoms with van der Waals surface area (Å²) < 4.78 is 6.05. The van der Waals surface area contributed by atoms with Crippen LogP contribution in [0.5, 0.6) is 0 Å². The lowest BCUT2D eigenvalue weighted by Crippen LogP contribution is -2.13. The summed E-state index contributed by atoms with van der Waals surface area (Å²) in [5.74, 6) is -0.296. The molecule has 0 amide bonds. The quantitative estimate of drug-likeness (QED) is 0.607. The molecule has 1 rings (SSSR count). The normalized spacial score (nSPS) is 12.9. The second-order valence-electron chi connectivity index (χ2n) is 3.59. The van der Waals surface area contributed by atoms with Crippen LogP contribution in [-0.4, -0.2) is 12.1 Å². The third kappa shape index (κ3) is 5.50. The molecule has 0 fully saturated rings.